The molecule has 1 saturated heterocycles. The molecule has 1 heterocycles. The average molecular weight is 258 g/mol. The number of hydrogen-bond donors (Lipinski definition) is 1. The zero-order valence-electron chi connectivity index (χ0n) is 11.5. The second kappa shape index (κ2) is 5.33. The summed E-state index contributed by atoms with van der Waals surface area (Å²) in [6, 6.07) is 10.2. The number of nitrogens with zero attached hydrogens (tertiary/aromatic N) is 1. The van der Waals surface area contributed by atoms with Crippen LogP contribution in [-0.4, -0.2) is 29.6 Å². The first kappa shape index (κ1) is 12.7. The summed E-state index contributed by atoms with van der Waals surface area (Å²) >= 11 is 0. The maximum Gasteiger partial charge on any atom is 0.241 e. The van der Waals surface area contributed by atoms with E-state index in [1.54, 1.807) is 0 Å². The minimum atomic E-state index is -0.0360. The van der Waals surface area contributed by atoms with Crippen LogP contribution in [-0.2, 0) is 11.2 Å². The highest BCUT2D eigenvalue weighted by Crippen LogP contribution is 2.32. The third-order valence-electron chi connectivity index (χ3n) is 4.17. The van der Waals surface area contributed by atoms with Crippen LogP contribution in [0.15, 0.2) is 30.3 Å². The number of carbonyl (C=O) groups is 1. The largest absolute Gasteiger partial charge is 0.326 e. The summed E-state index contributed by atoms with van der Waals surface area (Å²) in [4.78, 5) is 14.6. The van der Waals surface area contributed by atoms with Gasteiger partial charge in [0.05, 0.1) is 12.2 Å². The molecular weight excluding hydrogens is 236 g/mol. The van der Waals surface area contributed by atoms with E-state index in [0.29, 0.717) is 5.91 Å². The Hall–Kier alpha value is -1.35. The molecule has 19 heavy (non-hydrogen) atoms. The molecule has 0 spiro atoms. The van der Waals surface area contributed by atoms with Crippen molar-refractivity contribution >= 4 is 5.91 Å². The van der Waals surface area contributed by atoms with Crippen molar-refractivity contribution < 1.29 is 4.79 Å². The summed E-state index contributed by atoms with van der Waals surface area (Å²) in [6.07, 6.45) is 4.62. The molecule has 1 aromatic rings. The molecule has 102 valence electrons. The van der Waals surface area contributed by atoms with Gasteiger partial charge in [0.15, 0.2) is 0 Å². The molecule has 2 aliphatic rings. The molecule has 0 aromatic heterocycles. The molecule has 2 atom stereocenters. The smallest absolute Gasteiger partial charge is 0.241 e. The molecule has 1 saturated carbocycles. The molecule has 1 amide bonds. The Morgan fingerprint density at radius 1 is 1.26 bits per heavy atom. The summed E-state index contributed by atoms with van der Waals surface area (Å²) in [7, 11) is 0. The van der Waals surface area contributed by atoms with Gasteiger partial charge in [-0.3, -0.25) is 10.1 Å². The van der Waals surface area contributed by atoms with E-state index in [-0.39, 0.29) is 12.2 Å². The van der Waals surface area contributed by atoms with Crippen LogP contribution in [0, 0.1) is 5.92 Å². The monoisotopic (exact) mass is 258 g/mol. The number of hydrogen-bond acceptors (Lipinski definition) is 2. The van der Waals surface area contributed by atoms with Crippen molar-refractivity contribution in [1.82, 2.24) is 10.2 Å². The molecule has 3 nitrogen and oxygen atoms in total. The van der Waals surface area contributed by atoms with Crippen LogP contribution in [0.3, 0.4) is 0 Å². The first-order valence-corrected chi connectivity index (χ1v) is 7.38. The second-order valence-corrected chi connectivity index (χ2v) is 5.77. The first-order chi connectivity index (χ1) is 9.28. The van der Waals surface area contributed by atoms with Crippen molar-refractivity contribution in [1.29, 1.82) is 0 Å². The molecule has 1 aromatic carbocycles. The summed E-state index contributed by atoms with van der Waals surface area (Å²) in [5.41, 5.74) is 1.23. The summed E-state index contributed by atoms with van der Waals surface area (Å²) < 4.78 is 0. The van der Waals surface area contributed by atoms with E-state index in [1.807, 2.05) is 18.2 Å². The van der Waals surface area contributed by atoms with Crippen LogP contribution in [0.25, 0.3) is 0 Å². The van der Waals surface area contributed by atoms with Crippen LogP contribution < -0.4 is 5.32 Å². The third kappa shape index (κ3) is 2.81. The zero-order valence-corrected chi connectivity index (χ0v) is 11.5. The fraction of sp³-hybridized carbons (Fsp3) is 0.562. The number of benzene rings is 1. The van der Waals surface area contributed by atoms with Gasteiger partial charge < -0.3 is 4.90 Å². The summed E-state index contributed by atoms with van der Waals surface area (Å²) in [6.45, 7) is 3.10. The van der Waals surface area contributed by atoms with E-state index >= 15 is 0 Å². The Labute approximate surface area is 115 Å². The standard InChI is InChI=1S/C16H22N2O/c1-2-15-17-14(10-12-6-4-3-5-7-12)16(19)18(15)11-13-8-9-13/h3-7,13-15,17H,2,8-11H2,1H3. The molecule has 3 heteroatoms. The van der Waals surface area contributed by atoms with Gasteiger partial charge in [0.1, 0.15) is 0 Å². The van der Waals surface area contributed by atoms with Gasteiger partial charge in [-0.2, -0.15) is 0 Å². The van der Waals surface area contributed by atoms with Gasteiger partial charge in [0.2, 0.25) is 5.91 Å². The predicted octanol–water partition coefficient (Wildman–Crippen LogP) is 2.18. The molecule has 0 radical (unpaired) electrons. The highest BCUT2D eigenvalue weighted by molar-refractivity contribution is 5.84. The second-order valence-electron chi connectivity index (χ2n) is 5.77. The van der Waals surface area contributed by atoms with Crippen molar-refractivity contribution in [2.45, 2.75) is 44.8 Å². The Bertz CT molecular complexity index is 441. The Balaban J connectivity index is 1.67. The number of rotatable bonds is 5. The molecule has 3 rings (SSSR count). The fourth-order valence-corrected chi connectivity index (χ4v) is 2.88. The van der Waals surface area contributed by atoms with E-state index in [0.717, 1.165) is 25.3 Å². The lowest BCUT2D eigenvalue weighted by atomic mass is 10.1. The van der Waals surface area contributed by atoms with Gasteiger partial charge in [-0.1, -0.05) is 37.3 Å². The lowest BCUT2D eigenvalue weighted by Gasteiger charge is -2.22. The lowest BCUT2D eigenvalue weighted by Crippen LogP contribution is -2.38. The predicted molar refractivity (Wildman–Crippen MR) is 75.6 cm³/mol. The molecule has 2 fully saturated rings. The summed E-state index contributed by atoms with van der Waals surface area (Å²) in [5.74, 6) is 1.05. The topological polar surface area (TPSA) is 32.3 Å². The maximum absolute atomic E-state index is 12.5. The SMILES string of the molecule is CCC1NC(Cc2ccccc2)C(=O)N1CC1CC1. The Kier molecular flexibility index (Phi) is 3.56. The van der Waals surface area contributed by atoms with Crippen molar-refractivity contribution in [3.63, 3.8) is 0 Å². The maximum atomic E-state index is 12.5. The third-order valence-corrected chi connectivity index (χ3v) is 4.17. The minimum absolute atomic E-state index is 0.0360. The lowest BCUT2D eigenvalue weighted by molar-refractivity contribution is -0.130. The molecular formula is C16H22N2O. The van der Waals surface area contributed by atoms with E-state index in [2.05, 4.69) is 29.3 Å². The van der Waals surface area contributed by atoms with E-state index < -0.39 is 0 Å². The van der Waals surface area contributed by atoms with Crippen molar-refractivity contribution in [3.8, 4) is 0 Å². The average Bonchev–Trinajstić information content (AvgIpc) is 3.21. The van der Waals surface area contributed by atoms with Gasteiger partial charge in [0.25, 0.3) is 0 Å². The molecule has 1 N–H and O–H groups in total. The van der Waals surface area contributed by atoms with Crippen molar-refractivity contribution in [2.75, 3.05) is 6.54 Å². The van der Waals surface area contributed by atoms with Crippen LogP contribution in [0.1, 0.15) is 31.7 Å². The number of carbonyl (C=O) groups excluding carboxylic acids is 1. The first-order valence-electron chi connectivity index (χ1n) is 7.38. The van der Waals surface area contributed by atoms with E-state index in [4.69, 9.17) is 0 Å². The summed E-state index contributed by atoms with van der Waals surface area (Å²) in [5, 5.41) is 3.50. The van der Waals surface area contributed by atoms with E-state index in [1.165, 1.54) is 18.4 Å². The van der Waals surface area contributed by atoms with Gasteiger partial charge in [0, 0.05) is 6.54 Å². The fourth-order valence-electron chi connectivity index (χ4n) is 2.88. The van der Waals surface area contributed by atoms with Crippen LogP contribution in [0.5, 0.6) is 0 Å². The Morgan fingerprint density at radius 2 is 2.00 bits per heavy atom. The Morgan fingerprint density at radius 3 is 2.63 bits per heavy atom. The minimum Gasteiger partial charge on any atom is -0.326 e. The quantitative estimate of drug-likeness (QED) is 0.878. The zero-order chi connectivity index (χ0) is 13.2. The number of nitrogens with one attached hydrogen (secondary N) is 1. The highest BCUT2D eigenvalue weighted by atomic mass is 16.2. The van der Waals surface area contributed by atoms with Crippen LogP contribution >= 0.6 is 0 Å². The number of amides is 1. The normalized spacial score (nSPS) is 27.0. The van der Waals surface area contributed by atoms with Gasteiger partial charge in [-0.15, -0.1) is 0 Å². The van der Waals surface area contributed by atoms with Crippen LogP contribution in [0.2, 0.25) is 0 Å². The van der Waals surface area contributed by atoms with Crippen LogP contribution in [0.4, 0.5) is 0 Å². The van der Waals surface area contributed by atoms with Crippen molar-refractivity contribution in [2.24, 2.45) is 5.92 Å². The molecule has 1 aliphatic carbocycles. The molecule has 1 aliphatic heterocycles. The van der Waals surface area contributed by atoms with Gasteiger partial charge in [-0.25, -0.2) is 0 Å². The molecule has 2 unspecified atom stereocenters. The molecule has 0 bridgehead atoms. The van der Waals surface area contributed by atoms with Gasteiger partial charge >= 0.3 is 0 Å². The van der Waals surface area contributed by atoms with Crippen molar-refractivity contribution in [3.05, 3.63) is 35.9 Å². The van der Waals surface area contributed by atoms with Gasteiger partial charge in [-0.05, 0) is 37.2 Å². The highest BCUT2D eigenvalue weighted by Gasteiger charge is 2.40. The van der Waals surface area contributed by atoms with E-state index in [9.17, 15) is 4.79 Å².